The smallest absolute Gasteiger partial charge is 0.216 e. The van der Waals surface area contributed by atoms with Gasteiger partial charge >= 0.3 is 0 Å². The summed E-state index contributed by atoms with van der Waals surface area (Å²) in [5.41, 5.74) is 1.04. The molecule has 0 aromatic carbocycles. The average molecular weight is 264 g/mol. The molecule has 5 heteroatoms. The third-order valence-corrected chi connectivity index (χ3v) is 2.68. The molecule has 0 aliphatic carbocycles. The zero-order valence-corrected chi connectivity index (χ0v) is 12.4. The topological polar surface area (TPSA) is 66.9 Å². The summed E-state index contributed by atoms with van der Waals surface area (Å²) >= 11 is 0. The fourth-order valence-electron chi connectivity index (χ4n) is 1.56. The molecule has 0 radical (unpaired) electrons. The Morgan fingerprint density at radius 1 is 1.16 bits per heavy atom. The minimum Gasteiger partial charge on any atom is -0.368 e. The summed E-state index contributed by atoms with van der Waals surface area (Å²) in [6, 6.07) is 1.98. The first-order valence-corrected chi connectivity index (χ1v) is 6.77. The molecule has 1 rings (SSSR count). The van der Waals surface area contributed by atoms with E-state index < -0.39 is 0 Å². The van der Waals surface area contributed by atoms with Gasteiger partial charge in [-0.3, -0.25) is 4.79 Å². The highest BCUT2D eigenvalue weighted by Gasteiger charge is 2.10. The van der Waals surface area contributed by atoms with Gasteiger partial charge in [-0.2, -0.15) is 0 Å². The first-order chi connectivity index (χ1) is 8.90. The number of anilines is 1. The fourth-order valence-corrected chi connectivity index (χ4v) is 1.56. The largest absolute Gasteiger partial charge is 0.368 e. The van der Waals surface area contributed by atoms with Gasteiger partial charge in [0.2, 0.25) is 5.91 Å². The number of carbonyl (C=O) groups is 1. The maximum absolute atomic E-state index is 10.8. The van der Waals surface area contributed by atoms with Crippen molar-refractivity contribution in [1.82, 2.24) is 15.3 Å². The lowest BCUT2D eigenvalue weighted by Gasteiger charge is -2.13. The standard InChI is InChI=1S/C14H24N4O/c1-9(2)12-8-13(16-7-6-15-11(5)19)18-14(17-12)10(3)4/h8-10H,6-7H2,1-5H3,(H,15,19)(H,16,17,18). The van der Waals surface area contributed by atoms with Crippen molar-refractivity contribution >= 4 is 11.7 Å². The van der Waals surface area contributed by atoms with Crippen LogP contribution in [0.4, 0.5) is 5.82 Å². The van der Waals surface area contributed by atoms with Gasteiger partial charge in [0, 0.05) is 37.7 Å². The van der Waals surface area contributed by atoms with Crippen molar-refractivity contribution in [2.24, 2.45) is 0 Å². The van der Waals surface area contributed by atoms with Crippen molar-refractivity contribution < 1.29 is 4.79 Å². The number of nitrogens with one attached hydrogen (secondary N) is 2. The zero-order chi connectivity index (χ0) is 14.4. The van der Waals surface area contributed by atoms with E-state index in [1.165, 1.54) is 6.92 Å². The molecule has 0 unspecified atom stereocenters. The molecule has 0 aliphatic heterocycles. The highest BCUT2D eigenvalue weighted by molar-refractivity contribution is 5.72. The molecule has 0 aliphatic rings. The van der Waals surface area contributed by atoms with E-state index in [-0.39, 0.29) is 5.91 Å². The van der Waals surface area contributed by atoms with Gasteiger partial charge in [0.1, 0.15) is 11.6 Å². The lowest BCUT2D eigenvalue weighted by molar-refractivity contribution is -0.118. The van der Waals surface area contributed by atoms with E-state index in [1.54, 1.807) is 0 Å². The molecule has 0 saturated carbocycles. The van der Waals surface area contributed by atoms with Gasteiger partial charge in [-0.1, -0.05) is 27.7 Å². The first-order valence-electron chi connectivity index (χ1n) is 6.77. The molecule has 106 valence electrons. The highest BCUT2D eigenvalue weighted by Crippen LogP contribution is 2.19. The maximum atomic E-state index is 10.8. The zero-order valence-electron chi connectivity index (χ0n) is 12.4. The number of amides is 1. The van der Waals surface area contributed by atoms with E-state index in [0.717, 1.165) is 17.3 Å². The van der Waals surface area contributed by atoms with Crippen LogP contribution in [0.5, 0.6) is 0 Å². The van der Waals surface area contributed by atoms with Crippen molar-refractivity contribution in [1.29, 1.82) is 0 Å². The maximum Gasteiger partial charge on any atom is 0.216 e. The van der Waals surface area contributed by atoms with Crippen LogP contribution in [-0.2, 0) is 4.79 Å². The van der Waals surface area contributed by atoms with Crippen LogP contribution in [0.3, 0.4) is 0 Å². The Morgan fingerprint density at radius 3 is 2.37 bits per heavy atom. The Labute approximate surface area is 115 Å². The van der Waals surface area contributed by atoms with Crippen LogP contribution in [0.15, 0.2) is 6.07 Å². The van der Waals surface area contributed by atoms with Gasteiger partial charge in [-0.05, 0) is 5.92 Å². The fraction of sp³-hybridized carbons (Fsp3) is 0.643. The summed E-state index contributed by atoms with van der Waals surface area (Å²) in [6.45, 7) is 11.2. The number of aromatic nitrogens is 2. The number of hydrogen-bond acceptors (Lipinski definition) is 4. The van der Waals surface area contributed by atoms with Gasteiger partial charge in [-0.15, -0.1) is 0 Å². The van der Waals surface area contributed by atoms with E-state index >= 15 is 0 Å². The summed E-state index contributed by atoms with van der Waals surface area (Å²) < 4.78 is 0. The Morgan fingerprint density at radius 2 is 1.84 bits per heavy atom. The van der Waals surface area contributed by atoms with Crippen molar-refractivity contribution in [3.05, 3.63) is 17.6 Å². The molecular weight excluding hydrogens is 240 g/mol. The van der Waals surface area contributed by atoms with Gasteiger partial charge in [-0.25, -0.2) is 9.97 Å². The Hall–Kier alpha value is -1.65. The van der Waals surface area contributed by atoms with Crippen molar-refractivity contribution in [3.63, 3.8) is 0 Å². The molecule has 1 aromatic rings. The Bertz CT molecular complexity index is 403. The molecule has 0 spiro atoms. The molecule has 1 aromatic heterocycles. The predicted octanol–water partition coefficient (Wildman–Crippen LogP) is 2.27. The van der Waals surface area contributed by atoms with Crippen LogP contribution in [0, 0.1) is 0 Å². The summed E-state index contributed by atoms with van der Waals surface area (Å²) in [6.07, 6.45) is 0. The van der Waals surface area contributed by atoms with Crippen molar-refractivity contribution in [3.8, 4) is 0 Å². The number of nitrogens with zero attached hydrogens (tertiary/aromatic N) is 2. The van der Waals surface area contributed by atoms with Crippen molar-refractivity contribution in [2.75, 3.05) is 18.4 Å². The number of carbonyl (C=O) groups excluding carboxylic acids is 1. The molecular formula is C14H24N4O. The van der Waals surface area contributed by atoms with Crippen LogP contribution in [0.2, 0.25) is 0 Å². The third-order valence-electron chi connectivity index (χ3n) is 2.68. The quantitative estimate of drug-likeness (QED) is 0.773. The molecule has 19 heavy (non-hydrogen) atoms. The average Bonchev–Trinajstić information content (AvgIpc) is 2.34. The molecule has 2 N–H and O–H groups in total. The van der Waals surface area contributed by atoms with E-state index in [1.807, 2.05) is 6.07 Å². The molecule has 1 heterocycles. The van der Waals surface area contributed by atoms with Crippen LogP contribution >= 0.6 is 0 Å². The molecule has 0 atom stereocenters. The van der Waals surface area contributed by atoms with E-state index in [9.17, 15) is 4.79 Å². The van der Waals surface area contributed by atoms with Crippen LogP contribution in [0.25, 0.3) is 0 Å². The van der Waals surface area contributed by atoms with Crippen LogP contribution in [0.1, 0.15) is 58.0 Å². The van der Waals surface area contributed by atoms with Gasteiger partial charge < -0.3 is 10.6 Å². The van der Waals surface area contributed by atoms with Crippen molar-refractivity contribution in [2.45, 2.75) is 46.5 Å². The van der Waals surface area contributed by atoms with Crippen LogP contribution < -0.4 is 10.6 Å². The second-order valence-electron chi connectivity index (χ2n) is 5.26. The molecule has 0 saturated heterocycles. The number of hydrogen-bond donors (Lipinski definition) is 2. The van der Waals surface area contributed by atoms with E-state index in [0.29, 0.717) is 24.9 Å². The lowest BCUT2D eigenvalue weighted by atomic mass is 10.1. The lowest BCUT2D eigenvalue weighted by Crippen LogP contribution is -2.26. The van der Waals surface area contributed by atoms with E-state index in [2.05, 4.69) is 48.3 Å². The molecule has 1 amide bonds. The highest BCUT2D eigenvalue weighted by atomic mass is 16.1. The SMILES string of the molecule is CC(=O)NCCNc1cc(C(C)C)nc(C(C)C)n1. The summed E-state index contributed by atoms with van der Waals surface area (Å²) in [4.78, 5) is 19.8. The summed E-state index contributed by atoms with van der Waals surface area (Å²) in [5.74, 6) is 2.34. The first kappa shape index (κ1) is 15.4. The molecule has 5 nitrogen and oxygen atoms in total. The number of rotatable bonds is 6. The normalized spacial score (nSPS) is 10.9. The predicted molar refractivity (Wildman–Crippen MR) is 77.4 cm³/mol. The second-order valence-corrected chi connectivity index (χ2v) is 5.26. The molecule has 0 fully saturated rings. The minimum absolute atomic E-state index is 0.0183. The summed E-state index contributed by atoms with van der Waals surface area (Å²) in [7, 11) is 0. The second kappa shape index (κ2) is 7.07. The third kappa shape index (κ3) is 5.24. The monoisotopic (exact) mass is 264 g/mol. The minimum atomic E-state index is -0.0183. The van der Waals surface area contributed by atoms with Crippen LogP contribution in [-0.4, -0.2) is 29.0 Å². The van der Waals surface area contributed by atoms with Gasteiger partial charge in [0.15, 0.2) is 0 Å². The Balaban J connectivity index is 2.73. The summed E-state index contributed by atoms with van der Waals surface area (Å²) in [5, 5.41) is 5.97. The van der Waals surface area contributed by atoms with Gasteiger partial charge in [0.25, 0.3) is 0 Å². The van der Waals surface area contributed by atoms with E-state index in [4.69, 9.17) is 0 Å². The Kier molecular flexibility index (Phi) is 5.73. The van der Waals surface area contributed by atoms with Gasteiger partial charge in [0.05, 0.1) is 0 Å². The molecule has 0 bridgehead atoms.